The molecule has 0 saturated heterocycles. The lowest BCUT2D eigenvalue weighted by Crippen LogP contribution is -2.32. The minimum absolute atomic E-state index is 0.296. The normalized spacial score (nSPS) is 10.7. The summed E-state index contributed by atoms with van der Waals surface area (Å²) in [7, 11) is 0. The molecule has 0 spiro atoms. The second-order valence-corrected chi connectivity index (χ2v) is 7.54. The first kappa shape index (κ1) is 22.6. The van der Waals surface area contributed by atoms with Crippen LogP contribution < -0.4 is 15.5 Å². The lowest BCUT2D eigenvalue weighted by molar-refractivity contribution is -0.136. The van der Waals surface area contributed by atoms with Gasteiger partial charge in [-0.05, 0) is 42.0 Å². The molecule has 3 aromatic carbocycles. The molecule has 0 bridgehead atoms. The molecule has 9 heteroatoms. The molecule has 0 aliphatic rings. The van der Waals surface area contributed by atoms with Crippen molar-refractivity contribution in [3.63, 3.8) is 0 Å². The number of hydrogen-bond donors (Lipinski definition) is 2. The van der Waals surface area contributed by atoms with Crippen molar-refractivity contribution in [1.82, 2.24) is 5.43 Å². The Bertz CT molecular complexity index is 1120. The fraction of sp³-hybridized carbons (Fsp3) is 0.0455. The van der Waals surface area contributed by atoms with Crippen molar-refractivity contribution in [1.29, 1.82) is 0 Å². The van der Waals surface area contributed by atoms with Gasteiger partial charge in [0.1, 0.15) is 12.4 Å². The van der Waals surface area contributed by atoms with E-state index in [9.17, 15) is 9.59 Å². The van der Waals surface area contributed by atoms with Crippen LogP contribution in [-0.4, -0.2) is 18.0 Å². The van der Waals surface area contributed by atoms with Crippen molar-refractivity contribution in [2.24, 2.45) is 5.10 Å². The van der Waals surface area contributed by atoms with Crippen LogP contribution in [0.3, 0.4) is 0 Å². The summed E-state index contributed by atoms with van der Waals surface area (Å²) in [6.45, 7) is 0.310. The molecular formula is C22H16Cl3N3O3. The van der Waals surface area contributed by atoms with E-state index in [1.807, 2.05) is 18.2 Å². The van der Waals surface area contributed by atoms with Crippen molar-refractivity contribution in [2.75, 3.05) is 5.32 Å². The van der Waals surface area contributed by atoms with Gasteiger partial charge in [-0.25, -0.2) is 5.43 Å². The third-order valence-corrected chi connectivity index (χ3v) is 4.72. The van der Waals surface area contributed by atoms with E-state index >= 15 is 0 Å². The monoisotopic (exact) mass is 475 g/mol. The standard InChI is InChI=1S/C22H16Cl3N3O3/c23-16-9-17(24)11-18(10-16)27-21(29)22(30)28-26-12-14-4-3-6-19(8-14)31-13-15-5-1-2-7-20(15)25/h1-12H,13H2,(H,27,29)(H,28,30). The first-order valence-electron chi connectivity index (χ1n) is 8.97. The number of nitrogens with zero attached hydrogens (tertiary/aromatic N) is 1. The maximum absolute atomic E-state index is 12.0. The summed E-state index contributed by atoms with van der Waals surface area (Å²) < 4.78 is 5.75. The predicted molar refractivity (Wildman–Crippen MR) is 123 cm³/mol. The molecule has 31 heavy (non-hydrogen) atoms. The van der Waals surface area contributed by atoms with Crippen molar-refractivity contribution < 1.29 is 14.3 Å². The van der Waals surface area contributed by atoms with Gasteiger partial charge in [0.15, 0.2) is 0 Å². The van der Waals surface area contributed by atoms with E-state index < -0.39 is 11.8 Å². The number of amides is 2. The summed E-state index contributed by atoms with van der Waals surface area (Å²) in [4.78, 5) is 23.9. The lowest BCUT2D eigenvalue weighted by Gasteiger charge is -2.08. The molecule has 0 fully saturated rings. The number of ether oxygens (including phenoxy) is 1. The second kappa shape index (κ2) is 10.8. The van der Waals surface area contributed by atoms with E-state index in [4.69, 9.17) is 39.5 Å². The molecule has 3 aromatic rings. The third kappa shape index (κ3) is 7.00. The average Bonchev–Trinajstić information content (AvgIpc) is 2.72. The Morgan fingerprint density at radius 3 is 2.39 bits per heavy atom. The molecule has 0 aliphatic heterocycles. The second-order valence-electron chi connectivity index (χ2n) is 6.26. The van der Waals surface area contributed by atoms with Gasteiger partial charge in [-0.3, -0.25) is 9.59 Å². The van der Waals surface area contributed by atoms with E-state index in [2.05, 4.69) is 15.8 Å². The highest BCUT2D eigenvalue weighted by atomic mass is 35.5. The number of carbonyl (C=O) groups excluding carboxylic acids is 2. The van der Waals surface area contributed by atoms with Gasteiger partial charge in [0, 0.05) is 26.3 Å². The molecule has 6 nitrogen and oxygen atoms in total. The highest BCUT2D eigenvalue weighted by molar-refractivity contribution is 6.40. The van der Waals surface area contributed by atoms with Gasteiger partial charge in [0.2, 0.25) is 0 Å². The first-order valence-corrected chi connectivity index (χ1v) is 10.1. The molecule has 0 radical (unpaired) electrons. The highest BCUT2D eigenvalue weighted by Gasteiger charge is 2.13. The predicted octanol–water partition coefficient (Wildman–Crippen LogP) is 5.31. The fourth-order valence-electron chi connectivity index (χ4n) is 2.49. The Kier molecular flexibility index (Phi) is 7.89. The minimum atomic E-state index is -0.946. The molecule has 2 amide bonds. The first-order chi connectivity index (χ1) is 14.9. The van der Waals surface area contributed by atoms with Crippen molar-refractivity contribution in [3.05, 3.63) is 92.9 Å². The Labute approximate surface area is 193 Å². The SMILES string of the molecule is O=C(NN=Cc1cccc(OCc2ccccc2Cl)c1)C(=O)Nc1cc(Cl)cc(Cl)c1. The maximum atomic E-state index is 12.0. The summed E-state index contributed by atoms with van der Waals surface area (Å²) in [5.41, 5.74) is 3.98. The molecule has 0 heterocycles. The zero-order valence-corrected chi connectivity index (χ0v) is 18.2. The fourth-order valence-corrected chi connectivity index (χ4v) is 3.21. The van der Waals surface area contributed by atoms with Gasteiger partial charge >= 0.3 is 11.8 Å². The third-order valence-electron chi connectivity index (χ3n) is 3.92. The molecule has 0 saturated carbocycles. The van der Waals surface area contributed by atoms with Crippen LogP contribution in [0.15, 0.2) is 71.8 Å². The topological polar surface area (TPSA) is 79.8 Å². The van der Waals surface area contributed by atoms with Gasteiger partial charge in [-0.15, -0.1) is 0 Å². The molecule has 3 rings (SSSR count). The van der Waals surface area contributed by atoms with E-state index in [0.29, 0.717) is 38.7 Å². The lowest BCUT2D eigenvalue weighted by atomic mass is 10.2. The Balaban J connectivity index is 1.54. The number of anilines is 1. The van der Waals surface area contributed by atoms with E-state index in [1.165, 1.54) is 24.4 Å². The summed E-state index contributed by atoms with van der Waals surface area (Å²) in [5.74, 6) is -1.25. The quantitative estimate of drug-likeness (QED) is 0.287. The van der Waals surface area contributed by atoms with Crippen LogP contribution >= 0.6 is 34.8 Å². The largest absolute Gasteiger partial charge is 0.489 e. The van der Waals surface area contributed by atoms with Crippen molar-refractivity contribution in [3.8, 4) is 5.75 Å². The Morgan fingerprint density at radius 1 is 0.903 bits per heavy atom. The molecule has 158 valence electrons. The van der Waals surface area contributed by atoms with Crippen LogP contribution in [0.2, 0.25) is 15.1 Å². The van der Waals surface area contributed by atoms with E-state index in [-0.39, 0.29) is 0 Å². The van der Waals surface area contributed by atoms with E-state index in [1.54, 1.807) is 30.3 Å². The summed E-state index contributed by atoms with van der Waals surface area (Å²) in [6, 6.07) is 18.9. The molecular weight excluding hydrogens is 461 g/mol. The van der Waals surface area contributed by atoms with Gasteiger partial charge in [-0.2, -0.15) is 5.10 Å². The molecule has 0 aromatic heterocycles. The minimum Gasteiger partial charge on any atom is -0.489 e. The number of halogens is 3. The zero-order chi connectivity index (χ0) is 22.2. The number of rotatable bonds is 6. The molecule has 0 unspecified atom stereocenters. The average molecular weight is 477 g/mol. The number of hydrazone groups is 1. The van der Waals surface area contributed by atoms with Crippen LogP contribution in [0.1, 0.15) is 11.1 Å². The number of carbonyl (C=O) groups is 2. The van der Waals surface area contributed by atoms with Crippen LogP contribution in [0.5, 0.6) is 5.75 Å². The maximum Gasteiger partial charge on any atom is 0.329 e. The summed E-state index contributed by atoms with van der Waals surface area (Å²) >= 11 is 17.9. The molecule has 0 atom stereocenters. The van der Waals surface area contributed by atoms with Crippen LogP contribution in [0, 0.1) is 0 Å². The van der Waals surface area contributed by atoms with Gasteiger partial charge in [0.05, 0.1) is 6.21 Å². The van der Waals surface area contributed by atoms with Crippen molar-refractivity contribution >= 4 is 58.5 Å². The van der Waals surface area contributed by atoms with Gasteiger partial charge < -0.3 is 10.1 Å². The number of benzene rings is 3. The number of hydrogen-bond acceptors (Lipinski definition) is 4. The Morgan fingerprint density at radius 2 is 1.65 bits per heavy atom. The summed E-state index contributed by atoms with van der Waals surface area (Å²) in [5, 5.41) is 7.48. The van der Waals surface area contributed by atoms with E-state index in [0.717, 1.165) is 5.56 Å². The summed E-state index contributed by atoms with van der Waals surface area (Å²) in [6.07, 6.45) is 1.39. The molecule has 0 aliphatic carbocycles. The highest BCUT2D eigenvalue weighted by Crippen LogP contribution is 2.22. The number of nitrogens with one attached hydrogen (secondary N) is 2. The Hall–Kier alpha value is -3.06. The molecule has 2 N–H and O–H groups in total. The van der Waals surface area contributed by atoms with Crippen LogP contribution in [0.4, 0.5) is 5.69 Å². The smallest absolute Gasteiger partial charge is 0.329 e. The zero-order valence-electron chi connectivity index (χ0n) is 15.9. The van der Waals surface area contributed by atoms with Crippen molar-refractivity contribution in [2.45, 2.75) is 6.61 Å². The van der Waals surface area contributed by atoms with Crippen LogP contribution in [0.25, 0.3) is 0 Å². The van der Waals surface area contributed by atoms with Crippen LogP contribution in [-0.2, 0) is 16.2 Å². The van der Waals surface area contributed by atoms with Gasteiger partial charge in [0.25, 0.3) is 0 Å². The van der Waals surface area contributed by atoms with Gasteiger partial charge in [-0.1, -0.05) is 65.1 Å².